The molecule has 0 atom stereocenters. The molecule has 4 aromatic rings. The molecule has 0 aliphatic rings. The minimum atomic E-state index is 0.779. The van der Waals surface area contributed by atoms with Crippen molar-refractivity contribution < 1.29 is 0 Å². The van der Waals surface area contributed by atoms with Gasteiger partial charge in [-0.2, -0.15) is 0 Å². The highest BCUT2D eigenvalue weighted by Crippen LogP contribution is 2.39. The molecule has 0 amide bonds. The summed E-state index contributed by atoms with van der Waals surface area (Å²) in [7, 11) is 0. The van der Waals surface area contributed by atoms with Gasteiger partial charge in [0.15, 0.2) is 0 Å². The fourth-order valence-electron chi connectivity index (χ4n) is 2.82. The second kappa shape index (κ2) is 4.56. The molecule has 3 heteroatoms. The number of nitrogen functional groups attached to an aromatic ring is 1. The van der Waals surface area contributed by atoms with E-state index in [0.717, 1.165) is 38.7 Å². The van der Waals surface area contributed by atoms with Crippen LogP contribution in [0.1, 0.15) is 0 Å². The van der Waals surface area contributed by atoms with Crippen molar-refractivity contribution in [3.8, 4) is 0 Å². The van der Waals surface area contributed by atoms with Gasteiger partial charge in [-0.1, -0.05) is 42.5 Å². The Kier molecular flexibility index (Phi) is 2.57. The molecule has 1 aromatic heterocycles. The zero-order valence-electron chi connectivity index (χ0n) is 11.4. The van der Waals surface area contributed by atoms with Crippen molar-refractivity contribution in [3.05, 3.63) is 66.9 Å². The largest absolute Gasteiger partial charge is 0.397 e. The highest BCUT2D eigenvalue weighted by molar-refractivity contribution is 6.18. The minimum Gasteiger partial charge on any atom is -0.397 e. The number of benzene rings is 3. The van der Waals surface area contributed by atoms with Crippen molar-refractivity contribution in [1.29, 1.82) is 0 Å². The number of aromatic nitrogens is 1. The topological polar surface area (TPSA) is 53.8 Å². The highest BCUT2D eigenvalue weighted by atomic mass is 14.9. The molecule has 0 spiro atoms. The number of nitrogens with one attached hydrogen (secondary N) is 2. The van der Waals surface area contributed by atoms with Crippen LogP contribution in [0.3, 0.4) is 0 Å². The van der Waals surface area contributed by atoms with E-state index >= 15 is 0 Å². The molecule has 0 unspecified atom stereocenters. The second-order valence-electron chi connectivity index (χ2n) is 5.09. The first-order valence-electron chi connectivity index (χ1n) is 6.94. The fourth-order valence-corrected chi connectivity index (χ4v) is 2.82. The van der Waals surface area contributed by atoms with Crippen LogP contribution in [0.5, 0.6) is 0 Å². The normalized spacial score (nSPS) is 11.0. The van der Waals surface area contributed by atoms with E-state index in [9.17, 15) is 0 Å². The molecule has 1 heterocycles. The summed E-state index contributed by atoms with van der Waals surface area (Å²) in [6.07, 6.45) is 1.95. The van der Waals surface area contributed by atoms with Gasteiger partial charge in [0.2, 0.25) is 0 Å². The number of H-pyrrole nitrogens is 1. The van der Waals surface area contributed by atoms with E-state index < -0.39 is 0 Å². The lowest BCUT2D eigenvalue weighted by Gasteiger charge is -2.14. The summed E-state index contributed by atoms with van der Waals surface area (Å²) < 4.78 is 0. The molecule has 3 nitrogen and oxygen atoms in total. The standard InChI is InChI=1S/C18H15N3/c19-16-13-8-4-5-9-14(13)17-15(10-11-20-17)18(16)21-12-6-2-1-3-7-12/h1-11,20-21H,19H2. The maximum atomic E-state index is 6.42. The molecule has 0 fully saturated rings. The average molecular weight is 273 g/mol. The Bertz CT molecular complexity index is 923. The summed E-state index contributed by atoms with van der Waals surface area (Å²) in [5, 5.41) is 6.76. The molecule has 0 saturated carbocycles. The smallest absolute Gasteiger partial charge is 0.0719 e. The predicted octanol–water partition coefficient (Wildman–Crippen LogP) is 4.65. The monoisotopic (exact) mass is 273 g/mol. The third-order valence-corrected chi connectivity index (χ3v) is 3.82. The number of hydrogen-bond donors (Lipinski definition) is 3. The molecular weight excluding hydrogens is 258 g/mol. The van der Waals surface area contributed by atoms with E-state index in [1.165, 1.54) is 0 Å². The van der Waals surface area contributed by atoms with E-state index in [1.54, 1.807) is 0 Å². The number of nitrogens with two attached hydrogens (primary N) is 1. The molecule has 3 aromatic carbocycles. The van der Waals surface area contributed by atoms with Gasteiger partial charge < -0.3 is 16.0 Å². The first-order chi connectivity index (χ1) is 10.3. The van der Waals surface area contributed by atoms with Crippen LogP contribution in [-0.2, 0) is 0 Å². The van der Waals surface area contributed by atoms with Crippen LogP contribution in [0.2, 0.25) is 0 Å². The van der Waals surface area contributed by atoms with Crippen LogP contribution in [0.25, 0.3) is 21.7 Å². The Hall–Kier alpha value is -2.94. The van der Waals surface area contributed by atoms with Crippen molar-refractivity contribution in [2.75, 3.05) is 11.1 Å². The van der Waals surface area contributed by atoms with Crippen molar-refractivity contribution in [1.82, 2.24) is 4.98 Å². The fraction of sp³-hybridized carbons (Fsp3) is 0. The van der Waals surface area contributed by atoms with Crippen LogP contribution >= 0.6 is 0 Å². The molecular formula is C18H15N3. The number of rotatable bonds is 2. The van der Waals surface area contributed by atoms with Gasteiger partial charge in [-0.15, -0.1) is 0 Å². The van der Waals surface area contributed by atoms with Gasteiger partial charge in [-0.25, -0.2) is 0 Å². The van der Waals surface area contributed by atoms with Crippen molar-refractivity contribution in [3.63, 3.8) is 0 Å². The Morgan fingerprint density at radius 2 is 1.48 bits per heavy atom. The summed E-state index contributed by atoms with van der Waals surface area (Å²) in [4.78, 5) is 3.32. The molecule has 102 valence electrons. The average Bonchev–Trinajstić information content (AvgIpc) is 3.02. The third-order valence-electron chi connectivity index (χ3n) is 3.82. The Morgan fingerprint density at radius 3 is 2.29 bits per heavy atom. The summed E-state index contributed by atoms with van der Waals surface area (Å²) in [5.74, 6) is 0. The van der Waals surface area contributed by atoms with E-state index in [0.29, 0.717) is 0 Å². The van der Waals surface area contributed by atoms with Crippen molar-refractivity contribution in [2.45, 2.75) is 0 Å². The van der Waals surface area contributed by atoms with Gasteiger partial charge in [0.1, 0.15) is 0 Å². The van der Waals surface area contributed by atoms with Gasteiger partial charge >= 0.3 is 0 Å². The SMILES string of the molecule is Nc1c(Nc2ccccc2)c2cc[nH]c2c2ccccc12. The zero-order chi connectivity index (χ0) is 14.2. The maximum absolute atomic E-state index is 6.42. The number of anilines is 3. The molecule has 21 heavy (non-hydrogen) atoms. The van der Waals surface area contributed by atoms with Crippen molar-refractivity contribution in [2.24, 2.45) is 0 Å². The summed E-state index contributed by atoms with van der Waals surface area (Å²) in [5.41, 5.74) is 10.3. The Balaban J connectivity index is 2.02. The number of para-hydroxylation sites is 1. The quantitative estimate of drug-likeness (QED) is 0.368. The van der Waals surface area contributed by atoms with E-state index in [1.807, 2.05) is 48.7 Å². The molecule has 0 bridgehead atoms. The molecule has 0 aliphatic carbocycles. The molecule has 4 N–H and O–H groups in total. The molecule has 0 aliphatic heterocycles. The lowest BCUT2D eigenvalue weighted by molar-refractivity contribution is 1.49. The molecule has 0 radical (unpaired) electrons. The summed E-state index contributed by atoms with van der Waals surface area (Å²) >= 11 is 0. The Labute approximate surface area is 122 Å². The van der Waals surface area contributed by atoms with Crippen LogP contribution in [0.15, 0.2) is 66.9 Å². The summed E-state index contributed by atoms with van der Waals surface area (Å²) in [6, 6.07) is 20.3. The maximum Gasteiger partial charge on any atom is 0.0719 e. The first kappa shape index (κ1) is 11.9. The molecule has 4 rings (SSSR count). The van der Waals surface area contributed by atoms with E-state index in [-0.39, 0.29) is 0 Å². The van der Waals surface area contributed by atoms with Gasteiger partial charge in [0.25, 0.3) is 0 Å². The molecule has 0 saturated heterocycles. The van der Waals surface area contributed by atoms with Crippen LogP contribution in [-0.4, -0.2) is 4.98 Å². The highest BCUT2D eigenvalue weighted by Gasteiger charge is 2.12. The minimum absolute atomic E-state index is 0.779. The lowest BCUT2D eigenvalue weighted by Crippen LogP contribution is -1.98. The second-order valence-corrected chi connectivity index (χ2v) is 5.09. The number of fused-ring (bicyclic) bond motifs is 3. The number of hydrogen-bond acceptors (Lipinski definition) is 2. The third kappa shape index (κ3) is 1.82. The zero-order valence-corrected chi connectivity index (χ0v) is 11.4. The number of aromatic amines is 1. The van der Waals surface area contributed by atoms with E-state index in [2.05, 4.69) is 28.5 Å². The van der Waals surface area contributed by atoms with Crippen LogP contribution < -0.4 is 11.1 Å². The van der Waals surface area contributed by atoms with Gasteiger partial charge in [0, 0.05) is 28.0 Å². The van der Waals surface area contributed by atoms with Crippen molar-refractivity contribution >= 4 is 38.7 Å². The van der Waals surface area contributed by atoms with Crippen LogP contribution in [0.4, 0.5) is 17.1 Å². The van der Waals surface area contributed by atoms with E-state index in [4.69, 9.17) is 5.73 Å². The first-order valence-corrected chi connectivity index (χ1v) is 6.94. The van der Waals surface area contributed by atoms with Crippen LogP contribution in [0, 0.1) is 0 Å². The van der Waals surface area contributed by atoms with Gasteiger partial charge in [-0.05, 0) is 18.2 Å². The summed E-state index contributed by atoms with van der Waals surface area (Å²) in [6.45, 7) is 0. The van der Waals surface area contributed by atoms with Gasteiger partial charge in [0.05, 0.1) is 16.9 Å². The lowest BCUT2D eigenvalue weighted by atomic mass is 10.0. The van der Waals surface area contributed by atoms with Gasteiger partial charge in [-0.3, -0.25) is 0 Å². The Morgan fingerprint density at radius 1 is 0.762 bits per heavy atom. The predicted molar refractivity (Wildman–Crippen MR) is 89.9 cm³/mol.